The van der Waals surface area contributed by atoms with Crippen molar-refractivity contribution in [3.63, 3.8) is 0 Å². The van der Waals surface area contributed by atoms with Crippen LogP contribution in [0.15, 0.2) is 48.5 Å². The second-order valence-corrected chi connectivity index (χ2v) is 6.78. The first-order valence-electron chi connectivity index (χ1n) is 6.14. The normalized spacial score (nSPS) is 13.6. The molecule has 1 atom stereocenters. The van der Waals surface area contributed by atoms with Crippen LogP contribution >= 0.6 is 7.52 Å². The molecule has 0 bridgehead atoms. The van der Waals surface area contributed by atoms with Gasteiger partial charge in [-0.2, -0.15) is 0 Å². The molecule has 2 rings (SSSR count). The molecule has 0 fully saturated rings. The molecule has 0 aliphatic heterocycles. The van der Waals surface area contributed by atoms with Crippen LogP contribution in [0.3, 0.4) is 0 Å². The van der Waals surface area contributed by atoms with Gasteiger partial charge in [0.15, 0.2) is 0 Å². The smallest absolute Gasteiger partial charge is 0.338 e. The molecule has 0 aliphatic rings. The first-order valence-corrected chi connectivity index (χ1v) is 8.21. The molecule has 0 heterocycles. The van der Waals surface area contributed by atoms with E-state index in [1.54, 1.807) is 18.8 Å². The van der Waals surface area contributed by atoms with Gasteiger partial charge in [0.05, 0.1) is 0 Å². The number of benzene rings is 2. The molecular formula is C15H18NO2P. The zero-order valence-corrected chi connectivity index (χ0v) is 12.3. The maximum Gasteiger partial charge on any atom is 0.338 e. The SMILES string of the molecule is Cc1ccc(C)c(N[P@](C)(=O)Oc2ccccc2)c1. The van der Waals surface area contributed by atoms with Gasteiger partial charge < -0.3 is 9.61 Å². The number of para-hydroxylation sites is 1. The van der Waals surface area contributed by atoms with E-state index in [9.17, 15) is 4.57 Å². The second-order valence-electron chi connectivity index (χ2n) is 4.68. The van der Waals surface area contributed by atoms with Crippen molar-refractivity contribution in [3.05, 3.63) is 59.7 Å². The highest BCUT2D eigenvalue weighted by Crippen LogP contribution is 2.43. The van der Waals surface area contributed by atoms with Crippen LogP contribution in [0.25, 0.3) is 0 Å². The number of anilines is 1. The third-order valence-corrected chi connectivity index (χ3v) is 3.95. The van der Waals surface area contributed by atoms with E-state index >= 15 is 0 Å². The van der Waals surface area contributed by atoms with Crippen LogP contribution in [0, 0.1) is 13.8 Å². The Balaban J connectivity index is 2.17. The lowest BCUT2D eigenvalue weighted by atomic mass is 10.1. The second kappa shape index (κ2) is 5.50. The number of aryl methyl sites for hydroxylation is 2. The predicted molar refractivity (Wildman–Crippen MR) is 80.1 cm³/mol. The van der Waals surface area contributed by atoms with Crippen molar-refractivity contribution in [2.24, 2.45) is 0 Å². The van der Waals surface area contributed by atoms with Gasteiger partial charge in [0.2, 0.25) is 0 Å². The van der Waals surface area contributed by atoms with Gasteiger partial charge in [0.25, 0.3) is 0 Å². The Labute approximate surface area is 114 Å². The number of hydrogen-bond donors (Lipinski definition) is 1. The van der Waals surface area contributed by atoms with Gasteiger partial charge in [-0.25, -0.2) is 0 Å². The zero-order chi connectivity index (χ0) is 13.9. The highest BCUT2D eigenvalue weighted by Gasteiger charge is 2.18. The highest BCUT2D eigenvalue weighted by atomic mass is 31.2. The van der Waals surface area contributed by atoms with E-state index in [4.69, 9.17) is 4.52 Å². The Morgan fingerprint density at radius 2 is 1.74 bits per heavy atom. The van der Waals surface area contributed by atoms with Gasteiger partial charge in [-0.3, -0.25) is 4.57 Å². The van der Waals surface area contributed by atoms with Crippen molar-refractivity contribution >= 4 is 13.2 Å². The van der Waals surface area contributed by atoms with Crippen LogP contribution in [0.5, 0.6) is 5.75 Å². The Kier molecular flexibility index (Phi) is 3.96. The van der Waals surface area contributed by atoms with Gasteiger partial charge in [0.1, 0.15) is 5.75 Å². The molecule has 0 amide bonds. The quantitative estimate of drug-likeness (QED) is 0.827. The van der Waals surface area contributed by atoms with E-state index in [1.807, 2.05) is 50.2 Å². The summed E-state index contributed by atoms with van der Waals surface area (Å²) in [6.45, 7) is 5.56. The van der Waals surface area contributed by atoms with Crippen molar-refractivity contribution in [1.82, 2.24) is 0 Å². The van der Waals surface area contributed by atoms with Gasteiger partial charge in [-0.05, 0) is 43.2 Å². The van der Waals surface area contributed by atoms with Crippen LogP contribution in [0.2, 0.25) is 0 Å². The van der Waals surface area contributed by atoms with Gasteiger partial charge in [-0.15, -0.1) is 0 Å². The molecule has 0 saturated carbocycles. The predicted octanol–water partition coefficient (Wildman–Crippen LogP) is 4.62. The molecule has 4 heteroatoms. The average Bonchev–Trinajstić information content (AvgIpc) is 2.34. The molecule has 0 aromatic heterocycles. The van der Waals surface area contributed by atoms with Crippen LogP contribution in [-0.2, 0) is 4.57 Å². The van der Waals surface area contributed by atoms with Crippen molar-refractivity contribution in [1.29, 1.82) is 0 Å². The van der Waals surface area contributed by atoms with E-state index in [0.717, 1.165) is 16.8 Å². The van der Waals surface area contributed by atoms with Crippen LogP contribution in [-0.4, -0.2) is 6.66 Å². The standard InChI is InChI=1S/C15H18NO2P/c1-12-9-10-13(2)15(11-12)16-19(3,17)18-14-7-5-4-6-8-14/h4-11H,1-3H3,(H,16,17)/t19-/m1/s1. The first-order chi connectivity index (χ1) is 8.96. The fraction of sp³-hybridized carbons (Fsp3) is 0.200. The summed E-state index contributed by atoms with van der Waals surface area (Å²) in [6.07, 6.45) is 0. The number of nitrogens with one attached hydrogen (secondary N) is 1. The summed E-state index contributed by atoms with van der Waals surface area (Å²) in [5, 5.41) is 3.01. The minimum atomic E-state index is -2.93. The molecule has 100 valence electrons. The topological polar surface area (TPSA) is 38.3 Å². The Hall–Kier alpha value is -1.73. The lowest BCUT2D eigenvalue weighted by molar-refractivity contribution is 0.493. The van der Waals surface area contributed by atoms with Gasteiger partial charge in [-0.1, -0.05) is 30.3 Å². The van der Waals surface area contributed by atoms with E-state index in [1.165, 1.54) is 0 Å². The van der Waals surface area contributed by atoms with Crippen LogP contribution in [0.4, 0.5) is 5.69 Å². The Morgan fingerprint density at radius 3 is 2.42 bits per heavy atom. The van der Waals surface area contributed by atoms with Crippen molar-refractivity contribution < 1.29 is 9.09 Å². The first kappa shape index (κ1) is 13.7. The molecule has 0 radical (unpaired) electrons. The summed E-state index contributed by atoms with van der Waals surface area (Å²) in [5.74, 6) is 0.603. The molecule has 2 aromatic carbocycles. The minimum Gasteiger partial charge on any atom is -0.429 e. The molecule has 0 saturated heterocycles. The minimum absolute atomic E-state index is 0.603. The van der Waals surface area contributed by atoms with Crippen LogP contribution in [0.1, 0.15) is 11.1 Å². The van der Waals surface area contributed by atoms with Crippen LogP contribution < -0.4 is 9.61 Å². The summed E-state index contributed by atoms with van der Waals surface area (Å²) in [4.78, 5) is 0. The maximum absolute atomic E-state index is 12.5. The summed E-state index contributed by atoms with van der Waals surface area (Å²) in [6, 6.07) is 15.2. The third-order valence-electron chi connectivity index (χ3n) is 2.74. The van der Waals surface area contributed by atoms with E-state index in [-0.39, 0.29) is 0 Å². The average molecular weight is 275 g/mol. The zero-order valence-electron chi connectivity index (χ0n) is 11.4. The Bertz CT molecular complexity index is 611. The molecule has 3 nitrogen and oxygen atoms in total. The molecule has 0 aliphatic carbocycles. The van der Waals surface area contributed by atoms with Crippen molar-refractivity contribution in [3.8, 4) is 5.75 Å². The van der Waals surface area contributed by atoms with E-state index in [2.05, 4.69) is 5.09 Å². The lowest BCUT2D eigenvalue weighted by Gasteiger charge is -2.19. The summed E-state index contributed by atoms with van der Waals surface area (Å²) >= 11 is 0. The summed E-state index contributed by atoms with van der Waals surface area (Å²) in [7, 11) is -2.93. The fourth-order valence-electron chi connectivity index (χ4n) is 1.78. The number of hydrogen-bond acceptors (Lipinski definition) is 2. The molecule has 0 spiro atoms. The van der Waals surface area contributed by atoms with Crippen molar-refractivity contribution in [2.45, 2.75) is 13.8 Å². The number of rotatable bonds is 4. The maximum atomic E-state index is 12.5. The molecule has 0 unspecified atom stereocenters. The Morgan fingerprint density at radius 1 is 1.05 bits per heavy atom. The third kappa shape index (κ3) is 3.87. The lowest BCUT2D eigenvalue weighted by Crippen LogP contribution is -2.03. The molecule has 19 heavy (non-hydrogen) atoms. The van der Waals surface area contributed by atoms with Gasteiger partial charge in [0, 0.05) is 12.4 Å². The monoisotopic (exact) mass is 275 g/mol. The van der Waals surface area contributed by atoms with E-state index in [0.29, 0.717) is 5.75 Å². The molecular weight excluding hydrogens is 257 g/mol. The van der Waals surface area contributed by atoms with Crippen molar-refractivity contribution in [2.75, 3.05) is 11.8 Å². The summed E-state index contributed by atoms with van der Waals surface area (Å²) < 4.78 is 18.0. The molecule has 1 N–H and O–H groups in total. The highest BCUT2D eigenvalue weighted by molar-refractivity contribution is 7.60. The fourth-order valence-corrected chi connectivity index (χ4v) is 3.03. The van der Waals surface area contributed by atoms with Gasteiger partial charge >= 0.3 is 7.52 Å². The largest absolute Gasteiger partial charge is 0.429 e. The summed E-state index contributed by atoms with van der Waals surface area (Å²) in [5.41, 5.74) is 3.01. The van der Waals surface area contributed by atoms with E-state index < -0.39 is 7.52 Å². The molecule has 2 aromatic rings.